The third-order valence-corrected chi connectivity index (χ3v) is 6.33. The minimum Gasteiger partial charge on any atom is -0.313 e. The monoisotopic (exact) mass is 354 g/mol. The fraction of sp³-hybridized carbons (Fsp3) is 0.708. The van der Waals surface area contributed by atoms with Crippen LogP contribution < -0.4 is 5.32 Å². The van der Waals surface area contributed by atoms with Crippen LogP contribution in [-0.2, 0) is 5.41 Å². The highest BCUT2D eigenvalue weighted by Crippen LogP contribution is 2.36. The van der Waals surface area contributed by atoms with Crippen molar-refractivity contribution in [1.29, 1.82) is 0 Å². The molecule has 0 radical (unpaired) electrons. The number of hydrogen-bond donors (Lipinski definition) is 1. The highest BCUT2D eigenvalue weighted by atomic mass is 15.0. The number of piperidine rings is 1. The Bertz CT molecular complexity index is 605. The van der Waals surface area contributed by atoms with Crippen LogP contribution in [0.3, 0.4) is 0 Å². The molecular formula is C24H38N2. The van der Waals surface area contributed by atoms with Crippen molar-refractivity contribution in [2.75, 3.05) is 6.54 Å². The molecule has 2 aliphatic rings. The average molecular weight is 355 g/mol. The van der Waals surface area contributed by atoms with Gasteiger partial charge in [0.15, 0.2) is 0 Å². The van der Waals surface area contributed by atoms with Gasteiger partial charge in [-0.3, -0.25) is 4.99 Å². The van der Waals surface area contributed by atoms with Crippen LogP contribution >= 0.6 is 0 Å². The lowest BCUT2D eigenvalue weighted by atomic mass is 9.78. The van der Waals surface area contributed by atoms with E-state index < -0.39 is 0 Å². The van der Waals surface area contributed by atoms with Gasteiger partial charge in [0.2, 0.25) is 0 Å². The number of nitrogens with one attached hydrogen (secondary N) is 1. The topological polar surface area (TPSA) is 24.4 Å². The number of rotatable bonds is 5. The molecule has 2 fully saturated rings. The van der Waals surface area contributed by atoms with E-state index in [1.165, 1.54) is 62.8 Å². The van der Waals surface area contributed by atoms with Gasteiger partial charge in [-0.15, -0.1) is 0 Å². The van der Waals surface area contributed by atoms with Crippen LogP contribution in [0.1, 0.15) is 84.6 Å². The molecule has 2 atom stereocenters. The molecule has 1 heterocycles. The number of hydrogen-bond acceptors (Lipinski definition) is 2. The Kier molecular flexibility index (Phi) is 6.55. The summed E-state index contributed by atoms with van der Waals surface area (Å²) in [6, 6.07) is 9.56. The van der Waals surface area contributed by atoms with Crippen molar-refractivity contribution in [3.05, 3.63) is 29.8 Å². The van der Waals surface area contributed by atoms with E-state index in [0.29, 0.717) is 12.0 Å². The Morgan fingerprint density at radius 1 is 1.12 bits per heavy atom. The zero-order valence-corrected chi connectivity index (χ0v) is 17.4. The van der Waals surface area contributed by atoms with Crippen LogP contribution in [0, 0.1) is 11.8 Å². The second kappa shape index (κ2) is 8.69. The van der Waals surface area contributed by atoms with Crippen LogP contribution in [0.25, 0.3) is 0 Å². The molecule has 144 valence electrons. The summed E-state index contributed by atoms with van der Waals surface area (Å²) < 4.78 is 0. The van der Waals surface area contributed by atoms with E-state index in [9.17, 15) is 0 Å². The van der Waals surface area contributed by atoms with Crippen molar-refractivity contribution >= 4 is 11.4 Å². The van der Waals surface area contributed by atoms with E-state index in [2.05, 4.69) is 57.3 Å². The zero-order chi connectivity index (χ0) is 18.6. The van der Waals surface area contributed by atoms with E-state index >= 15 is 0 Å². The number of benzene rings is 1. The maximum absolute atomic E-state index is 5.24. The first-order valence-electron chi connectivity index (χ1n) is 10.9. The Hall–Kier alpha value is -1.15. The van der Waals surface area contributed by atoms with Crippen LogP contribution in [0.15, 0.2) is 29.3 Å². The summed E-state index contributed by atoms with van der Waals surface area (Å²) in [4.78, 5) is 5.24. The first kappa shape index (κ1) is 19.6. The van der Waals surface area contributed by atoms with E-state index in [-0.39, 0.29) is 5.41 Å². The molecule has 0 bridgehead atoms. The molecular weight excluding hydrogens is 316 g/mol. The predicted octanol–water partition coefficient (Wildman–Crippen LogP) is 6.42. The quantitative estimate of drug-likeness (QED) is 0.607. The normalized spacial score (nSPS) is 25.6. The molecule has 0 amide bonds. The Morgan fingerprint density at radius 3 is 2.58 bits per heavy atom. The molecule has 2 unspecified atom stereocenters. The van der Waals surface area contributed by atoms with Crippen molar-refractivity contribution in [3.8, 4) is 0 Å². The fourth-order valence-electron chi connectivity index (χ4n) is 4.89. The molecule has 26 heavy (non-hydrogen) atoms. The zero-order valence-electron chi connectivity index (χ0n) is 17.4. The maximum Gasteiger partial charge on any atom is 0.0632 e. The first-order valence-corrected chi connectivity index (χ1v) is 10.9. The summed E-state index contributed by atoms with van der Waals surface area (Å²) in [6.07, 6.45) is 10.6. The van der Waals surface area contributed by atoms with E-state index in [1.54, 1.807) is 0 Å². The lowest BCUT2D eigenvalue weighted by molar-refractivity contribution is 0.255. The van der Waals surface area contributed by atoms with Gasteiger partial charge >= 0.3 is 0 Å². The van der Waals surface area contributed by atoms with Gasteiger partial charge < -0.3 is 5.32 Å². The van der Waals surface area contributed by atoms with Gasteiger partial charge in [0.05, 0.1) is 5.69 Å². The third-order valence-electron chi connectivity index (χ3n) is 6.33. The molecule has 1 saturated carbocycles. The molecule has 2 nitrogen and oxygen atoms in total. The van der Waals surface area contributed by atoms with Gasteiger partial charge in [0.25, 0.3) is 0 Å². The predicted molar refractivity (Wildman–Crippen MR) is 114 cm³/mol. The standard InChI is InChI=1S/C24H38N2/c1-5-10-22(26-20-14-8-13-19(17-20)24(2,3)4)21-15-9-16-25-23(21)18-11-6-7-12-18/h8,13-14,17-18,21,23,25H,5-7,9-12,15-16H2,1-4H3. The van der Waals surface area contributed by atoms with Gasteiger partial charge in [-0.25, -0.2) is 0 Å². The Morgan fingerprint density at radius 2 is 1.88 bits per heavy atom. The molecule has 3 rings (SSSR count). The second-order valence-corrected chi connectivity index (χ2v) is 9.43. The molecule has 0 aromatic heterocycles. The first-order chi connectivity index (χ1) is 12.5. The summed E-state index contributed by atoms with van der Waals surface area (Å²) in [5, 5.41) is 3.89. The van der Waals surface area contributed by atoms with Crippen molar-refractivity contribution in [2.45, 2.75) is 90.5 Å². The number of aliphatic imine (C=N–C) groups is 1. The van der Waals surface area contributed by atoms with Crippen molar-refractivity contribution < 1.29 is 0 Å². The third kappa shape index (κ3) is 4.76. The van der Waals surface area contributed by atoms with Crippen LogP contribution in [0.5, 0.6) is 0 Å². The van der Waals surface area contributed by atoms with Crippen LogP contribution in [-0.4, -0.2) is 18.3 Å². The lowest BCUT2D eigenvalue weighted by Gasteiger charge is -2.37. The largest absolute Gasteiger partial charge is 0.313 e. The van der Waals surface area contributed by atoms with E-state index in [4.69, 9.17) is 4.99 Å². The highest BCUT2D eigenvalue weighted by molar-refractivity contribution is 5.89. The molecule has 2 heteroatoms. The van der Waals surface area contributed by atoms with Gasteiger partial charge in [0.1, 0.15) is 0 Å². The molecule has 1 saturated heterocycles. The minimum absolute atomic E-state index is 0.176. The summed E-state index contributed by atoms with van der Waals surface area (Å²) in [5.74, 6) is 1.49. The summed E-state index contributed by atoms with van der Waals surface area (Å²) >= 11 is 0. The van der Waals surface area contributed by atoms with Gasteiger partial charge in [0, 0.05) is 17.7 Å². The van der Waals surface area contributed by atoms with E-state index in [1.807, 2.05) is 0 Å². The molecule has 1 aromatic carbocycles. The van der Waals surface area contributed by atoms with Crippen molar-refractivity contribution in [3.63, 3.8) is 0 Å². The Labute approximate surface area is 160 Å². The molecule has 0 spiro atoms. The summed E-state index contributed by atoms with van der Waals surface area (Å²) in [7, 11) is 0. The lowest BCUT2D eigenvalue weighted by Crippen LogP contribution is -2.48. The molecule has 1 aliphatic carbocycles. The highest BCUT2D eigenvalue weighted by Gasteiger charge is 2.35. The van der Waals surface area contributed by atoms with Crippen LogP contribution in [0.2, 0.25) is 0 Å². The second-order valence-electron chi connectivity index (χ2n) is 9.43. The molecule has 1 aliphatic heterocycles. The number of nitrogens with zero attached hydrogens (tertiary/aromatic N) is 1. The SMILES string of the molecule is CCCC(=Nc1cccc(C(C)(C)C)c1)C1CCCNC1C1CCCC1. The fourth-order valence-corrected chi connectivity index (χ4v) is 4.89. The smallest absolute Gasteiger partial charge is 0.0632 e. The van der Waals surface area contributed by atoms with Gasteiger partial charge in [-0.05, 0) is 67.7 Å². The molecule has 1 aromatic rings. The van der Waals surface area contributed by atoms with Crippen molar-refractivity contribution in [2.24, 2.45) is 16.8 Å². The maximum atomic E-state index is 5.24. The average Bonchev–Trinajstić information content (AvgIpc) is 3.15. The van der Waals surface area contributed by atoms with Crippen LogP contribution in [0.4, 0.5) is 5.69 Å². The summed E-state index contributed by atoms with van der Waals surface area (Å²) in [6.45, 7) is 10.3. The molecule has 1 N–H and O–H groups in total. The minimum atomic E-state index is 0.176. The van der Waals surface area contributed by atoms with Crippen molar-refractivity contribution in [1.82, 2.24) is 5.32 Å². The van der Waals surface area contributed by atoms with E-state index in [0.717, 1.165) is 18.0 Å². The Balaban J connectivity index is 1.88. The van der Waals surface area contributed by atoms with Gasteiger partial charge in [-0.2, -0.15) is 0 Å². The summed E-state index contributed by atoms with van der Waals surface area (Å²) in [5.41, 5.74) is 4.15. The van der Waals surface area contributed by atoms with Gasteiger partial charge in [-0.1, -0.05) is 59.1 Å².